The minimum absolute atomic E-state index is 0.146. The van der Waals surface area contributed by atoms with Crippen LogP contribution in [0.1, 0.15) is 51.1 Å². The molecule has 21 heavy (non-hydrogen) atoms. The third-order valence-electron chi connectivity index (χ3n) is 4.48. The SMILES string of the molecule is CCCN(CC1CCCNC1)C(CC)c1ccc(F)cc1. The van der Waals surface area contributed by atoms with E-state index in [-0.39, 0.29) is 5.82 Å². The molecule has 3 heteroatoms. The first kappa shape index (κ1) is 16.4. The molecule has 1 heterocycles. The van der Waals surface area contributed by atoms with Crippen LogP contribution in [0.2, 0.25) is 0 Å². The van der Waals surface area contributed by atoms with Crippen LogP contribution in [-0.2, 0) is 0 Å². The maximum Gasteiger partial charge on any atom is 0.123 e. The highest BCUT2D eigenvalue weighted by Gasteiger charge is 2.22. The molecular weight excluding hydrogens is 263 g/mol. The molecule has 0 aliphatic carbocycles. The van der Waals surface area contributed by atoms with Gasteiger partial charge >= 0.3 is 0 Å². The number of nitrogens with zero attached hydrogens (tertiary/aromatic N) is 1. The van der Waals surface area contributed by atoms with Gasteiger partial charge in [0.2, 0.25) is 0 Å². The molecule has 1 N–H and O–H groups in total. The molecule has 2 nitrogen and oxygen atoms in total. The summed E-state index contributed by atoms with van der Waals surface area (Å²) < 4.78 is 13.2. The topological polar surface area (TPSA) is 15.3 Å². The first-order chi connectivity index (χ1) is 10.2. The molecule has 0 spiro atoms. The van der Waals surface area contributed by atoms with Gasteiger partial charge in [-0.05, 0) is 68.9 Å². The Hall–Kier alpha value is -0.930. The summed E-state index contributed by atoms with van der Waals surface area (Å²) in [5.74, 6) is 0.604. The lowest BCUT2D eigenvalue weighted by Gasteiger charge is -2.35. The van der Waals surface area contributed by atoms with E-state index in [1.807, 2.05) is 12.1 Å². The molecule has 1 aliphatic heterocycles. The predicted molar refractivity (Wildman–Crippen MR) is 86.9 cm³/mol. The van der Waals surface area contributed by atoms with E-state index in [2.05, 4.69) is 24.1 Å². The second kappa shape index (κ2) is 8.50. The van der Waals surface area contributed by atoms with E-state index < -0.39 is 0 Å². The van der Waals surface area contributed by atoms with Crippen molar-refractivity contribution in [3.05, 3.63) is 35.6 Å². The molecule has 0 bridgehead atoms. The predicted octanol–water partition coefficient (Wildman–Crippen LogP) is 3.99. The van der Waals surface area contributed by atoms with Crippen molar-refractivity contribution in [3.8, 4) is 0 Å². The highest BCUT2D eigenvalue weighted by atomic mass is 19.1. The highest BCUT2D eigenvalue weighted by Crippen LogP contribution is 2.26. The number of nitrogens with one attached hydrogen (secondary N) is 1. The van der Waals surface area contributed by atoms with E-state index >= 15 is 0 Å². The van der Waals surface area contributed by atoms with E-state index in [4.69, 9.17) is 0 Å². The van der Waals surface area contributed by atoms with Crippen LogP contribution in [0.15, 0.2) is 24.3 Å². The van der Waals surface area contributed by atoms with Gasteiger partial charge in [0.05, 0.1) is 0 Å². The number of piperidine rings is 1. The number of hydrogen-bond donors (Lipinski definition) is 1. The van der Waals surface area contributed by atoms with Crippen LogP contribution in [0, 0.1) is 11.7 Å². The molecule has 1 aromatic carbocycles. The minimum Gasteiger partial charge on any atom is -0.316 e. The molecular formula is C18H29FN2. The fourth-order valence-electron chi connectivity index (χ4n) is 3.46. The average Bonchev–Trinajstić information content (AvgIpc) is 2.51. The molecule has 0 radical (unpaired) electrons. The first-order valence-electron chi connectivity index (χ1n) is 8.44. The molecule has 0 aromatic heterocycles. The first-order valence-corrected chi connectivity index (χ1v) is 8.44. The van der Waals surface area contributed by atoms with Gasteiger partial charge in [-0.1, -0.05) is 26.0 Å². The normalized spacial score (nSPS) is 20.7. The Balaban J connectivity index is 2.07. The van der Waals surface area contributed by atoms with Crippen LogP contribution < -0.4 is 5.32 Å². The Morgan fingerprint density at radius 2 is 2.05 bits per heavy atom. The molecule has 1 aliphatic rings. The summed E-state index contributed by atoms with van der Waals surface area (Å²) in [7, 11) is 0. The maximum absolute atomic E-state index is 13.2. The summed E-state index contributed by atoms with van der Waals surface area (Å²) in [5, 5.41) is 3.51. The summed E-state index contributed by atoms with van der Waals surface area (Å²) in [5.41, 5.74) is 1.25. The number of halogens is 1. The molecule has 2 rings (SSSR count). The van der Waals surface area contributed by atoms with Crippen molar-refractivity contribution >= 4 is 0 Å². The maximum atomic E-state index is 13.2. The zero-order valence-corrected chi connectivity index (χ0v) is 13.4. The van der Waals surface area contributed by atoms with Crippen molar-refractivity contribution in [2.75, 3.05) is 26.2 Å². The van der Waals surface area contributed by atoms with Gasteiger partial charge in [-0.15, -0.1) is 0 Å². The Labute approximate surface area is 128 Å². The quantitative estimate of drug-likeness (QED) is 0.817. The van der Waals surface area contributed by atoms with Crippen LogP contribution in [0.5, 0.6) is 0 Å². The van der Waals surface area contributed by atoms with Gasteiger partial charge in [0, 0.05) is 12.6 Å². The lowest BCUT2D eigenvalue weighted by Crippen LogP contribution is -2.40. The second-order valence-electron chi connectivity index (χ2n) is 6.18. The van der Waals surface area contributed by atoms with Gasteiger partial charge in [0.25, 0.3) is 0 Å². The fourth-order valence-corrected chi connectivity index (χ4v) is 3.46. The van der Waals surface area contributed by atoms with Crippen molar-refractivity contribution in [1.29, 1.82) is 0 Å². The molecule has 2 unspecified atom stereocenters. The Bertz CT molecular complexity index is 398. The van der Waals surface area contributed by atoms with Crippen LogP contribution in [-0.4, -0.2) is 31.1 Å². The van der Waals surface area contributed by atoms with E-state index in [1.54, 1.807) is 12.1 Å². The largest absolute Gasteiger partial charge is 0.316 e. The average molecular weight is 292 g/mol. The standard InChI is InChI=1S/C18H29FN2/c1-3-12-21(14-15-6-5-11-20-13-15)18(4-2)16-7-9-17(19)10-8-16/h7-10,15,18,20H,3-6,11-14H2,1-2H3. The van der Waals surface area contributed by atoms with Crippen molar-refractivity contribution in [3.63, 3.8) is 0 Å². The fraction of sp³-hybridized carbons (Fsp3) is 0.667. The molecule has 1 fully saturated rings. The van der Waals surface area contributed by atoms with E-state index in [9.17, 15) is 4.39 Å². The molecule has 0 amide bonds. The van der Waals surface area contributed by atoms with E-state index in [1.165, 1.54) is 24.9 Å². The molecule has 1 saturated heterocycles. The molecule has 0 saturated carbocycles. The summed E-state index contributed by atoms with van der Waals surface area (Å²) in [6.45, 7) is 9.04. The second-order valence-corrected chi connectivity index (χ2v) is 6.18. The highest BCUT2D eigenvalue weighted by molar-refractivity contribution is 5.20. The van der Waals surface area contributed by atoms with Crippen molar-refractivity contribution in [1.82, 2.24) is 10.2 Å². The third-order valence-corrected chi connectivity index (χ3v) is 4.48. The van der Waals surface area contributed by atoms with Gasteiger partial charge in [0.15, 0.2) is 0 Å². The van der Waals surface area contributed by atoms with Crippen molar-refractivity contribution in [2.45, 2.75) is 45.6 Å². The smallest absolute Gasteiger partial charge is 0.123 e. The molecule has 2 atom stereocenters. The lowest BCUT2D eigenvalue weighted by atomic mass is 9.96. The van der Waals surface area contributed by atoms with Gasteiger partial charge in [-0.3, -0.25) is 4.90 Å². The van der Waals surface area contributed by atoms with Crippen molar-refractivity contribution < 1.29 is 4.39 Å². The number of hydrogen-bond acceptors (Lipinski definition) is 2. The third kappa shape index (κ3) is 4.79. The summed E-state index contributed by atoms with van der Waals surface area (Å²) >= 11 is 0. The Morgan fingerprint density at radius 3 is 2.62 bits per heavy atom. The number of benzene rings is 1. The minimum atomic E-state index is -0.146. The Kier molecular flexibility index (Phi) is 6.65. The Morgan fingerprint density at radius 1 is 1.29 bits per heavy atom. The van der Waals surface area contributed by atoms with Crippen LogP contribution in [0.25, 0.3) is 0 Å². The van der Waals surface area contributed by atoms with Crippen LogP contribution in [0.4, 0.5) is 4.39 Å². The molecule has 1 aromatic rings. The zero-order valence-electron chi connectivity index (χ0n) is 13.4. The van der Waals surface area contributed by atoms with Crippen LogP contribution in [0.3, 0.4) is 0 Å². The van der Waals surface area contributed by atoms with Gasteiger partial charge in [-0.25, -0.2) is 4.39 Å². The summed E-state index contributed by atoms with van der Waals surface area (Å²) in [4.78, 5) is 2.60. The lowest BCUT2D eigenvalue weighted by molar-refractivity contribution is 0.149. The van der Waals surface area contributed by atoms with Crippen molar-refractivity contribution in [2.24, 2.45) is 5.92 Å². The summed E-state index contributed by atoms with van der Waals surface area (Å²) in [6, 6.07) is 7.48. The van der Waals surface area contributed by atoms with Gasteiger partial charge in [0.1, 0.15) is 5.82 Å². The van der Waals surface area contributed by atoms with Crippen LogP contribution >= 0.6 is 0 Å². The van der Waals surface area contributed by atoms with E-state index in [0.717, 1.165) is 38.4 Å². The number of rotatable bonds is 7. The zero-order chi connectivity index (χ0) is 15.1. The van der Waals surface area contributed by atoms with Gasteiger partial charge in [-0.2, -0.15) is 0 Å². The monoisotopic (exact) mass is 292 g/mol. The van der Waals surface area contributed by atoms with Gasteiger partial charge < -0.3 is 5.32 Å². The van der Waals surface area contributed by atoms with E-state index in [0.29, 0.717) is 6.04 Å². The molecule has 118 valence electrons. The summed E-state index contributed by atoms with van der Waals surface area (Å²) in [6.07, 6.45) is 4.86.